The molecule has 2 aliphatic rings. The van der Waals surface area contributed by atoms with E-state index in [1.165, 1.54) is 12.1 Å². The molecule has 0 spiro atoms. The summed E-state index contributed by atoms with van der Waals surface area (Å²) in [5, 5.41) is 9.31. The molecule has 2 aromatic carbocycles. The first-order valence-electron chi connectivity index (χ1n) is 12.8. The zero-order valence-corrected chi connectivity index (χ0v) is 20.2. The molecular weight excluding hydrogens is 456 g/mol. The van der Waals surface area contributed by atoms with Crippen molar-refractivity contribution in [3.05, 3.63) is 70.3 Å². The molecule has 0 amide bonds. The molecule has 0 radical (unpaired) electrons. The maximum Gasteiger partial charge on any atom is 0.201 e. The third-order valence-electron chi connectivity index (χ3n) is 7.82. The molecule has 4 rings (SSSR count). The number of aliphatic hydroxyl groups excluding tert-OH is 1. The molecule has 190 valence electrons. The van der Waals surface area contributed by atoms with Crippen LogP contribution in [-0.2, 0) is 0 Å². The number of aliphatic hydroxyl groups is 1. The van der Waals surface area contributed by atoms with Crippen molar-refractivity contribution < 1.29 is 27.4 Å². The van der Waals surface area contributed by atoms with Gasteiger partial charge in [-0.3, -0.25) is 0 Å². The van der Waals surface area contributed by atoms with E-state index in [-0.39, 0.29) is 48.2 Å². The zero-order valence-electron chi connectivity index (χ0n) is 20.2. The van der Waals surface area contributed by atoms with Gasteiger partial charge in [-0.2, -0.15) is 4.39 Å². The average Bonchev–Trinajstić information content (AvgIpc) is 2.88. The van der Waals surface area contributed by atoms with Gasteiger partial charge in [0.2, 0.25) is 5.82 Å². The van der Waals surface area contributed by atoms with E-state index in [0.29, 0.717) is 24.0 Å². The molecular formula is C29H34F4O2. The Labute approximate surface area is 205 Å². The number of halogens is 4. The lowest BCUT2D eigenvalue weighted by molar-refractivity contribution is 0.181. The van der Waals surface area contributed by atoms with Gasteiger partial charge in [-0.15, -0.1) is 0 Å². The summed E-state index contributed by atoms with van der Waals surface area (Å²) in [7, 11) is 0. The molecule has 0 atom stereocenters. The predicted molar refractivity (Wildman–Crippen MR) is 129 cm³/mol. The molecule has 0 saturated heterocycles. The summed E-state index contributed by atoms with van der Waals surface area (Å²) >= 11 is 0. The highest BCUT2D eigenvalue weighted by molar-refractivity contribution is 5.52. The molecule has 0 aromatic heterocycles. The fraction of sp³-hybridized carbons (Fsp3) is 0.517. The number of ether oxygens (including phenoxy) is 1. The Hall–Kier alpha value is -2.34. The van der Waals surface area contributed by atoms with Crippen LogP contribution in [0.1, 0.15) is 86.8 Å². The van der Waals surface area contributed by atoms with E-state index in [9.17, 15) is 13.9 Å². The van der Waals surface area contributed by atoms with Crippen LogP contribution in [-0.4, -0.2) is 18.3 Å². The van der Waals surface area contributed by atoms with Gasteiger partial charge in [0.25, 0.3) is 0 Å². The number of benzene rings is 2. The van der Waals surface area contributed by atoms with Gasteiger partial charge in [-0.25, -0.2) is 13.2 Å². The summed E-state index contributed by atoms with van der Waals surface area (Å²) < 4.78 is 63.6. The van der Waals surface area contributed by atoms with Crippen LogP contribution < -0.4 is 4.74 Å². The number of allylic oxidation sites excluding steroid dienone is 1. The Bertz CT molecular complexity index is 1040. The van der Waals surface area contributed by atoms with Crippen LogP contribution in [0.15, 0.2) is 30.3 Å². The van der Waals surface area contributed by atoms with Crippen molar-refractivity contribution in [3.8, 4) is 5.75 Å². The minimum atomic E-state index is -0.986. The van der Waals surface area contributed by atoms with Gasteiger partial charge in [0.15, 0.2) is 23.2 Å². The minimum Gasteiger partial charge on any atom is -0.491 e. The largest absolute Gasteiger partial charge is 0.491 e. The monoisotopic (exact) mass is 490 g/mol. The lowest BCUT2D eigenvalue weighted by atomic mass is 9.76. The molecule has 2 aliphatic carbocycles. The highest BCUT2D eigenvalue weighted by Gasteiger charge is 2.29. The van der Waals surface area contributed by atoms with Crippen LogP contribution in [0, 0.1) is 35.1 Å². The van der Waals surface area contributed by atoms with Crippen molar-refractivity contribution in [2.75, 3.05) is 13.2 Å². The second-order valence-electron chi connectivity index (χ2n) is 9.96. The van der Waals surface area contributed by atoms with E-state index in [0.717, 1.165) is 38.5 Å². The van der Waals surface area contributed by atoms with Crippen molar-refractivity contribution in [1.29, 1.82) is 0 Å². The maximum atomic E-state index is 15.1. The Morgan fingerprint density at radius 2 is 1.34 bits per heavy atom. The number of hydrogen-bond acceptors (Lipinski definition) is 2. The van der Waals surface area contributed by atoms with E-state index in [1.54, 1.807) is 25.1 Å². The quantitative estimate of drug-likeness (QED) is 0.400. The van der Waals surface area contributed by atoms with Gasteiger partial charge < -0.3 is 9.84 Å². The Morgan fingerprint density at radius 1 is 0.771 bits per heavy atom. The maximum absolute atomic E-state index is 15.1. The fourth-order valence-electron chi connectivity index (χ4n) is 5.67. The molecule has 1 N–H and O–H groups in total. The SMILES string of the molecule is CCOc1ccc(C=CC2CCC(c3ccc(C4CCC(CO)CC4)c(F)c3F)CC2)c(F)c1F. The molecule has 6 heteroatoms. The molecule has 2 saturated carbocycles. The van der Waals surface area contributed by atoms with Crippen LogP contribution in [0.5, 0.6) is 5.75 Å². The number of hydrogen-bond donors (Lipinski definition) is 1. The zero-order chi connectivity index (χ0) is 24.9. The van der Waals surface area contributed by atoms with Gasteiger partial charge in [0.05, 0.1) is 6.61 Å². The summed E-state index contributed by atoms with van der Waals surface area (Å²) in [5.41, 5.74) is 1.08. The van der Waals surface area contributed by atoms with Crippen LogP contribution in [0.25, 0.3) is 6.08 Å². The van der Waals surface area contributed by atoms with Crippen LogP contribution >= 0.6 is 0 Å². The minimum absolute atomic E-state index is 0.00931. The van der Waals surface area contributed by atoms with E-state index < -0.39 is 23.3 Å². The van der Waals surface area contributed by atoms with Gasteiger partial charge in [0.1, 0.15) is 0 Å². The summed E-state index contributed by atoms with van der Waals surface area (Å²) in [6, 6.07) is 6.44. The molecule has 2 nitrogen and oxygen atoms in total. The molecule has 0 unspecified atom stereocenters. The van der Waals surface area contributed by atoms with E-state index >= 15 is 8.78 Å². The normalized spacial score (nSPS) is 25.2. The van der Waals surface area contributed by atoms with E-state index in [2.05, 4.69) is 0 Å². The topological polar surface area (TPSA) is 29.5 Å². The van der Waals surface area contributed by atoms with Gasteiger partial charge in [-0.05, 0) is 105 Å². The Kier molecular flexibility index (Phi) is 8.53. The van der Waals surface area contributed by atoms with Crippen molar-refractivity contribution in [2.24, 2.45) is 11.8 Å². The second kappa shape index (κ2) is 11.6. The average molecular weight is 491 g/mol. The van der Waals surface area contributed by atoms with Gasteiger partial charge in [-0.1, -0.05) is 24.3 Å². The Balaban J connectivity index is 1.37. The first-order chi connectivity index (χ1) is 16.9. The molecule has 2 fully saturated rings. The lowest BCUT2D eigenvalue weighted by Gasteiger charge is -2.30. The molecule has 0 aliphatic heterocycles. The van der Waals surface area contributed by atoms with Crippen molar-refractivity contribution in [1.82, 2.24) is 0 Å². The highest BCUT2D eigenvalue weighted by atomic mass is 19.2. The predicted octanol–water partition coefficient (Wildman–Crippen LogP) is 7.90. The molecule has 0 bridgehead atoms. The van der Waals surface area contributed by atoms with Crippen LogP contribution in [0.4, 0.5) is 17.6 Å². The summed E-state index contributed by atoms with van der Waals surface area (Å²) in [5.74, 6) is -3.04. The first-order valence-corrected chi connectivity index (χ1v) is 12.8. The standard InChI is InChI=1S/C29H34F4O2/c1-2-35-25-16-13-22(26(30)29(25)33)12-5-18-3-8-20(9-4-18)23-14-15-24(28(32)27(23)31)21-10-6-19(17-34)7-11-21/h5,12-16,18-21,34H,2-4,6-11,17H2,1H3. The third-order valence-corrected chi connectivity index (χ3v) is 7.82. The van der Waals surface area contributed by atoms with Crippen LogP contribution in [0.3, 0.4) is 0 Å². The molecule has 35 heavy (non-hydrogen) atoms. The first kappa shape index (κ1) is 25.7. The highest BCUT2D eigenvalue weighted by Crippen LogP contribution is 2.41. The summed E-state index contributed by atoms with van der Waals surface area (Å²) in [6.07, 6.45) is 9.69. The molecule has 2 aromatic rings. The number of rotatable bonds is 7. The van der Waals surface area contributed by atoms with Gasteiger partial charge in [0, 0.05) is 12.2 Å². The summed E-state index contributed by atoms with van der Waals surface area (Å²) in [4.78, 5) is 0. The van der Waals surface area contributed by atoms with Crippen molar-refractivity contribution in [3.63, 3.8) is 0 Å². The van der Waals surface area contributed by atoms with E-state index in [1.807, 2.05) is 6.08 Å². The van der Waals surface area contributed by atoms with Crippen molar-refractivity contribution >= 4 is 6.08 Å². The summed E-state index contributed by atoms with van der Waals surface area (Å²) in [6.45, 7) is 2.13. The van der Waals surface area contributed by atoms with Crippen molar-refractivity contribution in [2.45, 2.75) is 70.1 Å². The second-order valence-corrected chi connectivity index (χ2v) is 9.96. The van der Waals surface area contributed by atoms with Crippen LogP contribution in [0.2, 0.25) is 0 Å². The Morgan fingerprint density at radius 3 is 1.89 bits per heavy atom. The van der Waals surface area contributed by atoms with E-state index in [4.69, 9.17) is 4.74 Å². The fourth-order valence-corrected chi connectivity index (χ4v) is 5.67. The third kappa shape index (κ3) is 5.74. The smallest absolute Gasteiger partial charge is 0.201 e. The van der Waals surface area contributed by atoms with Gasteiger partial charge >= 0.3 is 0 Å². The lowest BCUT2D eigenvalue weighted by Crippen LogP contribution is -2.18. The molecule has 0 heterocycles.